The molecule has 1 aromatic carbocycles. The lowest BCUT2D eigenvalue weighted by Gasteiger charge is -2.69. The fourth-order valence-corrected chi connectivity index (χ4v) is 9.37. The monoisotopic (exact) mass is 787 g/mol. The summed E-state index contributed by atoms with van der Waals surface area (Å²) in [7, 11) is 0. The molecule has 5 rings (SSSR count). The molecular weight excluding hydrogens is 730 g/mol. The van der Waals surface area contributed by atoms with E-state index in [2.05, 4.69) is 5.32 Å². The van der Waals surface area contributed by atoms with Crippen LogP contribution in [-0.4, -0.2) is 122 Å². The van der Waals surface area contributed by atoms with Gasteiger partial charge in [0.05, 0.1) is 36.3 Å². The van der Waals surface area contributed by atoms with Crippen molar-refractivity contribution < 1.29 is 68.4 Å². The zero-order valence-corrected chi connectivity index (χ0v) is 33.7. The second-order valence-electron chi connectivity index (χ2n) is 17.7. The van der Waals surface area contributed by atoms with Crippen LogP contribution in [0.4, 0.5) is 4.79 Å². The molecule has 12 atom stereocenters. The van der Waals surface area contributed by atoms with Crippen LogP contribution >= 0.6 is 0 Å². The Kier molecular flexibility index (Phi) is 11.7. The zero-order valence-electron chi connectivity index (χ0n) is 33.7. The predicted octanol–water partition coefficient (Wildman–Crippen LogP) is 2.64. The number of rotatable bonds is 8. The Balaban J connectivity index is 1.67. The Bertz CT molecular complexity index is 1760. The molecule has 4 aliphatic rings. The summed E-state index contributed by atoms with van der Waals surface area (Å²) in [5.41, 5.74) is -7.20. The third kappa shape index (κ3) is 7.37. The van der Waals surface area contributed by atoms with Crippen LogP contribution in [-0.2, 0) is 33.3 Å². The summed E-state index contributed by atoms with van der Waals surface area (Å²) in [4.78, 5) is 53.5. The maximum atomic E-state index is 14.1. The summed E-state index contributed by atoms with van der Waals surface area (Å²) < 4.78 is 29.5. The van der Waals surface area contributed by atoms with E-state index in [-0.39, 0.29) is 29.7 Å². The summed E-state index contributed by atoms with van der Waals surface area (Å²) in [5.74, 6) is -4.24. The maximum absolute atomic E-state index is 14.1. The molecule has 56 heavy (non-hydrogen) atoms. The normalized spacial score (nSPS) is 35.7. The van der Waals surface area contributed by atoms with Crippen molar-refractivity contribution in [1.29, 1.82) is 0 Å². The van der Waals surface area contributed by atoms with E-state index in [1.807, 2.05) is 0 Å². The Morgan fingerprint density at radius 2 is 1.62 bits per heavy atom. The number of aliphatic hydroxyl groups excluding tert-OH is 4. The Morgan fingerprint density at radius 3 is 2.16 bits per heavy atom. The molecule has 1 aromatic rings. The molecule has 15 heteroatoms. The topological polar surface area (TPSA) is 228 Å². The van der Waals surface area contributed by atoms with Gasteiger partial charge in [-0.3, -0.25) is 4.79 Å². The lowest BCUT2D eigenvalue weighted by molar-refractivity contribution is -0.365. The van der Waals surface area contributed by atoms with Crippen molar-refractivity contribution in [2.75, 3.05) is 6.61 Å². The standard InChI is InChI=1S/C41H57NO14/c1-20(2)16-24(42-36(50)56-37(5,6)7)29(45)35(49)53-25-18-41(51)33(54-34(48)23-14-12-11-13-15-23)31-39(10,32(47)30(46)28(21(25)3)38(41,8)9)26(44)17-27-40(31,19-52-27)55-22(4)43/h11-16,24-27,29-33,44-47,51H,17-19H2,1-10H3,(H,42,50)/t24-,25-,26-,27+,29+,30+,31-,32+,33-,39+,40-,41+/m0/s1. The van der Waals surface area contributed by atoms with Crippen molar-refractivity contribution >= 4 is 24.0 Å². The molecular formula is C41H57NO14. The van der Waals surface area contributed by atoms with Crippen molar-refractivity contribution in [2.24, 2.45) is 16.7 Å². The highest BCUT2D eigenvalue weighted by Gasteiger charge is 2.77. The van der Waals surface area contributed by atoms with Crippen molar-refractivity contribution in [3.05, 3.63) is 58.7 Å². The van der Waals surface area contributed by atoms with Gasteiger partial charge in [0.15, 0.2) is 11.7 Å². The SMILES string of the molecule is CC(=O)O[C@@]12CO[C@@H]1C[C@H](O)[C@@]1(C)[C@H](O)[C@H](O)C3=C(C)[C@@H](OC(=O)[C@H](O)[C@H](C=C(C)C)NC(=O)OC(C)(C)C)C[C@@](O)([C@@H](OC(=O)c4ccccc4)[C@H]21)C3(C)C. The summed E-state index contributed by atoms with van der Waals surface area (Å²) in [5, 5.41) is 63.6. The zero-order chi connectivity index (χ0) is 41.9. The molecule has 0 radical (unpaired) electrons. The number of hydrogen-bond donors (Lipinski definition) is 6. The Labute approximate surface area is 327 Å². The molecule has 3 fully saturated rings. The van der Waals surface area contributed by atoms with Gasteiger partial charge in [-0.2, -0.15) is 0 Å². The quantitative estimate of drug-likeness (QED) is 0.127. The van der Waals surface area contributed by atoms with Gasteiger partial charge >= 0.3 is 24.0 Å². The number of carbonyl (C=O) groups excluding carboxylic acids is 4. The van der Waals surface area contributed by atoms with Crippen LogP contribution in [0, 0.1) is 16.7 Å². The van der Waals surface area contributed by atoms with E-state index in [0.29, 0.717) is 5.57 Å². The Hall–Kier alpha value is -3.86. The number of hydrogen-bond acceptors (Lipinski definition) is 14. The average Bonchev–Trinajstić information content (AvgIpc) is 3.08. The number of benzene rings is 1. The maximum Gasteiger partial charge on any atom is 0.408 e. The van der Waals surface area contributed by atoms with Crippen LogP contribution in [0.5, 0.6) is 0 Å². The van der Waals surface area contributed by atoms with Crippen LogP contribution in [0.25, 0.3) is 0 Å². The second kappa shape index (κ2) is 15.1. The summed E-state index contributed by atoms with van der Waals surface area (Å²) in [6, 6.07) is 6.62. The molecule has 15 nitrogen and oxygen atoms in total. The van der Waals surface area contributed by atoms with E-state index >= 15 is 0 Å². The van der Waals surface area contributed by atoms with Crippen LogP contribution in [0.2, 0.25) is 0 Å². The largest absolute Gasteiger partial charge is 0.456 e. The molecule has 1 aliphatic heterocycles. The van der Waals surface area contributed by atoms with E-state index in [0.717, 1.165) is 0 Å². The van der Waals surface area contributed by atoms with Crippen molar-refractivity contribution in [2.45, 2.75) is 148 Å². The van der Waals surface area contributed by atoms with Gasteiger partial charge in [0.25, 0.3) is 0 Å². The molecule has 0 aromatic heterocycles. The van der Waals surface area contributed by atoms with Gasteiger partial charge in [-0.05, 0) is 64.8 Å². The summed E-state index contributed by atoms with van der Waals surface area (Å²) >= 11 is 0. The molecule has 310 valence electrons. The van der Waals surface area contributed by atoms with Gasteiger partial charge < -0.3 is 54.5 Å². The fourth-order valence-electron chi connectivity index (χ4n) is 9.37. The fraction of sp³-hybridized carbons (Fsp3) is 0.659. The molecule has 0 spiro atoms. The third-order valence-corrected chi connectivity index (χ3v) is 12.2. The smallest absolute Gasteiger partial charge is 0.408 e. The van der Waals surface area contributed by atoms with Crippen LogP contribution in [0.1, 0.15) is 92.4 Å². The third-order valence-electron chi connectivity index (χ3n) is 12.2. The lowest BCUT2D eigenvalue weighted by atomic mass is 9.44. The second-order valence-corrected chi connectivity index (χ2v) is 17.7. The number of amides is 1. The molecule has 3 aliphatic carbocycles. The van der Waals surface area contributed by atoms with E-state index in [1.54, 1.807) is 73.6 Å². The van der Waals surface area contributed by atoms with Crippen LogP contribution < -0.4 is 5.32 Å². The molecule has 1 saturated heterocycles. The molecule has 2 bridgehead atoms. The van der Waals surface area contributed by atoms with E-state index in [9.17, 15) is 44.7 Å². The van der Waals surface area contributed by atoms with E-state index < -0.39 is 113 Å². The van der Waals surface area contributed by atoms with Crippen LogP contribution in [0.15, 0.2) is 53.1 Å². The van der Waals surface area contributed by atoms with Crippen molar-refractivity contribution in [3.63, 3.8) is 0 Å². The highest BCUT2D eigenvalue weighted by molar-refractivity contribution is 5.89. The van der Waals surface area contributed by atoms with E-state index in [4.69, 9.17) is 23.7 Å². The first-order valence-electron chi connectivity index (χ1n) is 18.9. The molecule has 2 saturated carbocycles. The first-order chi connectivity index (χ1) is 25.8. The van der Waals surface area contributed by atoms with E-state index in [1.165, 1.54) is 32.1 Å². The van der Waals surface area contributed by atoms with Crippen LogP contribution in [0.3, 0.4) is 0 Å². The van der Waals surface area contributed by atoms with Crippen molar-refractivity contribution in [3.8, 4) is 0 Å². The first-order valence-corrected chi connectivity index (χ1v) is 18.9. The molecule has 6 N–H and O–H groups in total. The number of allylic oxidation sites excluding steroid dienone is 1. The number of nitrogens with one attached hydrogen (secondary N) is 1. The number of fused-ring (bicyclic) bond motifs is 5. The lowest BCUT2D eigenvalue weighted by Crippen LogP contribution is -2.82. The highest BCUT2D eigenvalue weighted by Crippen LogP contribution is 2.65. The number of aliphatic hydroxyl groups is 5. The minimum atomic E-state index is -2.30. The average molecular weight is 788 g/mol. The summed E-state index contributed by atoms with van der Waals surface area (Å²) in [6.07, 6.45) is -11.2. The van der Waals surface area contributed by atoms with Gasteiger partial charge in [-0.15, -0.1) is 0 Å². The minimum Gasteiger partial charge on any atom is -0.456 e. The molecule has 1 amide bonds. The minimum absolute atomic E-state index is 0.0416. The van der Waals surface area contributed by atoms with Gasteiger partial charge in [0, 0.05) is 30.6 Å². The summed E-state index contributed by atoms with van der Waals surface area (Å²) in [6.45, 7) is 15.5. The van der Waals surface area contributed by atoms with Gasteiger partial charge in [0.2, 0.25) is 0 Å². The van der Waals surface area contributed by atoms with Crippen molar-refractivity contribution in [1.82, 2.24) is 5.32 Å². The molecule has 1 heterocycles. The predicted molar refractivity (Wildman–Crippen MR) is 199 cm³/mol. The van der Waals surface area contributed by atoms with Gasteiger partial charge in [-0.25, -0.2) is 14.4 Å². The van der Waals surface area contributed by atoms with Gasteiger partial charge in [-0.1, -0.05) is 50.6 Å². The first kappa shape index (κ1) is 43.3. The van der Waals surface area contributed by atoms with Gasteiger partial charge in [0.1, 0.15) is 35.6 Å². The molecule has 0 unspecified atom stereocenters. The number of ether oxygens (including phenoxy) is 5. The Morgan fingerprint density at radius 1 is 1.00 bits per heavy atom. The number of esters is 3. The number of alkyl carbamates (subject to hydrolysis) is 1. The highest BCUT2D eigenvalue weighted by atomic mass is 16.6. The number of carbonyl (C=O) groups is 4.